The third-order valence-electron chi connectivity index (χ3n) is 5.81. The molecule has 1 aliphatic rings. The number of methoxy groups -OCH3 is 1. The van der Waals surface area contributed by atoms with Gasteiger partial charge in [-0.3, -0.25) is 9.59 Å². The molecule has 1 aromatic carbocycles. The molecule has 180 valence electrons. The maximum absolute atomic E-state index is 13.1. The summed E-state index contributed by atoms with van der Waals surface area (Å²) in [5.74, 6) is -1.75. The number of halogens is 3. The molecule has 1 fully saturated rings. The molecule has 1 amide bonds. The van der Waals surface area contributed by atoms with E-state index >= 15 is 0 Å². The van der Waals surface area contributed by atoms with E-state index in [0.717, 1.165) is 5.56 Å². The molecule has 0 radical (unpaired) electrons. The summed E-state index contributed by atoms with van der Waals surface area (Å²) in [4.78, 5) is 26.6. The average molecular weight is 476 g/mol. The first kappa shape index (κ1) is 23.5. The van der Waals surface area contributed by atoms with Crippen molar-refractivity contribution < 1.29 is 27.5 Å². The third-order valence-corrected chi connectivity index (χ3v) is 5.81. The lowest BCUT2D eigenvalue weighted by Gasteiger charge is -2.32. The number of hydrogen-bond donors (Lipinski definition) is 1. The normalized spacial score (nSPS) is 15.8. The van der Waals surface area contributed by atoms with Gasteiger partial charge in [-0.15, -0.1) is 15.3 Å². The maximum atomic E-state index is 13.1. The van der Waals surface area contributed by atoms with E-state index in [0.29, 0.717) is 36.3 Å². The van der Waals surface area contributed by atoms with Crippen LogP contribution < -0.4 is 10.2 Å². The van der Waals surface area contributed by atoms with Crippen molar-refractivity contribution in [2.24, 2.45) is 5.92 Å². The lowest BCUT2D eigenvalue weighted by atomic mass is 9.94. The first-order valence-corrected chi connectivity index (χ1v) is 10.7. The number of esters is 1. The highest BCUT2D eigenvalue weighted by molar-refractivity contribution is 5.80. The van der Waals surface area contributed by atoms with Crippen LogP contribution in [0.5, 0.6) is 0 Å². The molecule has 0 bridgehead atoms. The molecule has 1 atom stereocenters. The molecule has 12 heteroatoms. The molecule has 1 N–H and O–H groups in total. The zero-order valence-electron chi connectivity index (χ0n) is 18.3. The van der Waals surface area contributed by atoms with E-state index < -0.39 is 24.0 Å². The molecule has 2 aromatic heterocycles. The van der Waals surface area contributed by atoms with E-state index in [9.17, 15) is 22.8 Å². The molecule has 0 saturated carbocycles. The minimum atomic E-state index is -4.67. The van der Waals surface area contributed by atoms with Crippen molar-refractivity contribution >= 4 is 23.3 Å². The topological polar surface area (TPSA) is 102 Å². The van der Waals surface area contributed by atoms with Gasteiger partial charge in [-0.05, 0) is 30.5 Å². The number of carbonyl (C=O) groups excluding carboxylic acids is 2. The molecular formula is C22H23F3N6O3. The minimum absolute atomic E-state index is 0.00268. The number of anilines is 1. The van der Waals surface area contributed by atoms with Crippen LogP contribution in [0.2, 0.25) is 0 Å². The van der Waals surface area contributed by atoms with Gasteiger partial charge in [0.1, 0.15) is 5.82 Å². The van der Waals surface area contributed by atoms with Crippen LogP contribution in [0.15, 0.2) is 42.5 Å². The Balaban J connectivity index is 1.42. The molecular weight excluding hydrogens is 453 g/mol. The molecule has 3 aromatic rings. The Bertz CT molecular complexity index is 1160. The van der Waals surface area contributed by atoms with Crippen LogP contribution in [-0.2, 0) is 20.5 Å². The van der Waals surface area contributed by atoms with Crippen molar-refractivity contribution in [2.45, 2.75) is 31.5 Å². The number of aromatic nitrogens is 4. The molecule has 3 heterocycles. The number of hydrogen-bond acceptors (Lipinski definition) is 7. The monoisotopic (exact) mass is 476 g/mol. The number of ether oxygens (including phenoxy) is 1. The summed E-state index contributed by atoms with van der Waals surface area (Å²) in [7, 11) is 1.30. The van der Waals surface area contributed by atoms with Gasteiger partial charge in [0, 0.05) is 19.0 Å². The maximum Gasteiger partial charge on any atom is 0.453 e. The van der Waals surface area contributed by atoms with Gasteiger partial charge in [-0.1, -0.05) is 30.3 Å². The van der Waals surface area contributed by atoms with Crippen molar-refractivity contribution in [1.29, 1.82) is 0 Å². The van der Waals surface area contributed by atoms with Crippen LogP contribution in [0.4, 0.5) is 19.0 Å². The van der Waals surface area contributed by atoms with Gasteiger partial charge in [-0.2, -0.15) is 17.7 Å². The largest absolute Gasteiger partial charge is 0.469 e. The molecule has 4 rings (SSSR count). The first-order valence-electron chi connectivity index (χ1n) is 10.7. The Labute approximate surface area is 192 Å². The van der Waals surface area contributed by atoms with Crippen LogP contribution in [0.3, 0.4) is 0 Å². The van der Waals surface area contributed by atoms with Crippen molar-refractivity contribution in [2.75, 3.05) is 25.1 Å². The van der Waals surface area contributed by atoms with Crippen molar-refractivity contribution in [3.8, 4) is 0 Å². The number of alkyl halides is 3. The second kappa shape index (κ2) is 9.65. The highest BCUT2D eigenvalue weighted by Gasteiger charge is 2.38. The Hall–Kier alpha value is -3.70. The standard InChI is InChI=1S/C22H23F3N6O3/c1-34-19(32)13-16(14-5-3-2-4-6-14)26-20(33)15-9-11-30(12-10-15)18-8-7-17-27-28-21(22(23,24)25)31(17)29-18/h2-8,15-16H,9-13H2,1H3,(H,26,33)/t16-/m1/s1. The van der Waals surface area contributed by atoms with Crippen LogP contribution in [0, 0.1) is 5.92 Å². The lowest BCUT2D eigenvalue weighted by Crippen LogP contribution is -2.42. The third kappa shape index (κ3) is 5.10. The fourth-order valence-electron chi connectivity index (χ4n) is 3.97. The number of nitrogens with one attached hydrogen (secondary N) is 1. The molecule has 0 aliphatic carbocycles. The van der Waals surface area contributed by atoms with Crippen molar-refractivity contribution in [1.82, 2.24) is 25.1 Å². The lowest BCUT2D eigenvalue weighted by molar-refractivity contribution is -0.146. The highest BCUT2D eigenvalue weighted by Crippen LogP contribution is 2.29. The Morgan fingerprint density at radius 1 is 1.12 bits per heavy atom. The van der Waals surface area contributed by atoms with Crippen LogP contribution in [0.1, 0.15) is 36.7 Å². The highest BCUT2D eigenvalue weighted by atomic mass is 19.4. The van der Waals surface area contributed by atoms with E-state index in [1.807, 2.05) is 35.2 Å². The number of piperidine rings is 1. The Morgan fingerprint density at radius 3 is 2.47 bits per heavy atom. The second-order valence-electron chi connectivity index (χ2n) is 8.00. The number of fused-ring (bicyclic) bond motifs is 1. The fraction of sp³-hybridized carbons (Fsp3) is 0.409. The van der Waals surface area contributed by atoms with Gasteiger partial charge in [0.15, 0.2) is 5.65 Å². The summed E-state index contributed by atoms with van der Waals surface area (Å²) >= 11 is 0. The number of rotatable bonds is 6. The summed E-state index contributed by atoms with van der Waals surface area (Å²) in [5.41, 5.74) is 0.800. The molecule has 34 heavy (non-hydrogen) atoms. The van der Waals surface area contributed by atoms with Gasteiger partial charge in [-0.25, -0.2) is 0 Å². The van der Waals surface area contributed by atoms with E-state index in [-0.39, 0.29) is 23.9 Å². The second-order valence-corrected chi connectivity index (χ2v) is 8.00. The fourth-order valence-corrected chi connectivity index (χ4v) is 3.97. The summed E-state index contributed by atoms with van der Waals surface area (Å²) < 4.78 is 44.9. The summed E-state index contributed by atoms with van der Waals surface area (Å²) in [5, 5.41) is 13.7. The zero-order valence-corrected chi connectivity index (χ0v) is 18.3. The first-order chi connectivity index (χ1) is 16.3. The van der Waals surface area contributed by atoms with Gasteiger partial charge in [0.25, 0.3) is 5.82 Å². The summed E-state index contributed by atoms with van der Waals surface area (Å²) in [6.45, 7) is 0.875. The van der Waals surface area contributed by atoms with E-state index in [1.165, 1.54) is 13.2 Å². The van der Waals surface area contributed by atoms with Crippen molar-refractivity contribution in [3.05, 3.63) is 53.9 Å². The molecule has 0 spiro atoms. The minimum Gasteiger partial charge on any atom is -0.469 e. The summed E-state index contributed by atoms with van der Waals surface area (Å²) in [6.07, 6.45) is -3.69. The predicted molar refractivity (Wildman–Crippen MR) is 115 cm³/mol. The van der Waals surface area contributed by atoms with Crippen LogP contribution >= 0.6 is 0 Å². The molecule has 0 unspecified atom stereocenters. The summed E-state index contributed by atoms with van der Waals surface area (Å²) in [6, 6.07) is 11.7. The number of amides is 1. The molecule has 1 aliphatic heterocycles. The number of nitrogens with zero attached hydrogens (tertiary/aromatic N) is 5. The zero-order chi connectivity index (χ0) is 24.3. The number of carbonyl (C=O) groups is 2. The van der Waals surface area contributed by atoms with E-state index in [1.54, 1.807) is 6.07 Å². The van der Waals surface area contributed by atoms with E-state index in [2.05, 4.69) is 20.6 Å². The molecule has 9 nitrogen and oxygen atoms in total. The van der Waals surface area contributed by atoms with Gasteiger partial charge < -0.3 is 15.0 Å². The van der Waals surface area contributed by atoms with Crippen molar-refractivity contribution in [3.63, 3.8) is 0 Å². The number of benzene rings is 1. The van der Waals surface area contributed by atoms with Gasteiger partial charge >= 0.3 is 12.1 Å². The molecule has 1 saturated heterocycles. The average Bonchev–Trinajstić information content (AvgIpc) is 3.28. The van der Waals surface area contributed by atoms with Gasteiger partial charge in [0.05, 0.1) is 19.6 Å². The van der Waals surface area contributed by atoms with Gasteiger partial charge in [0.2, 0.25) is 5.91 Å². The van der Waals surface area contributed by atoms with E-state index in [4.69, 9.17) is 4.74 Å². The van der Waals surface area contributed by atoms with Crippen LogP contribution in [0.25, 0.3) is 5.65 Å². The van der Waals surface area contributed by atoms with Crippen LogP contribution in [-0.4, -0.2) is 51.9 Å². The predicted octanol–water partition coefficient (Wildman–Crippen LogP) is 2.78. The smallest absolute Gasteiger partial charge is 0.453 e. The quantitative estimate of drug-likeness (QED) is 0.546. The SMILES string of the molecule is COC(=O)C[C@@H](NC(=O)C1CCN(c2ccc3nnc(C(F)(F)F)n3n2)CC1)c1ccccc1. The Kier molecular flexibility index (Phi) is 6.66. The Morgan fingerprint density at radius 2 is 1.82 bits per heavy atom.